The minimum absolute atomic E-state index is 0.110. The van der Waals surface area contributed by atoms with Gasteiger partial charge in [0.15, 0.2) is 0 Å². The van der Waals surface area contributed by atoms with Crippen molar-refractivity contribution in [2.75, 3.05) is 6.54 Å². The molecule has 0 saturated carbocycles. The number of halogens is 7. The minimum Gasteiger partial charge on any atom is -0.330 e. The number of carbonyl (C=O) groups is 1. The van der Waals surface area contributed by atoms with Gasteiger partial charge in [0.25, 0.3) is 0 Å². The smallest absolute Gasteiger partial charge is 0.330 e. The Balaban J connectivity index is 2.33. The van der Waals surface area contributed by atoms with Crippen LogP contribution in [0.1, 0.15) is 16.7 Å². The van der Waals surface area contributed by atoms with Gasteiger partial charge in [0.1, 0.15) is 0 Å². The van der Waals surface area contributed by atoms with Gasteiger partial charge in [0.05, 0.1) is 5.56 Å². The first-order valence-electron chi connectivity index (χ1n) is 5.74. The second-order valence-electron chi connectivity index (χ2n) is 4.57. The van der Waals surface area contributed by atoms with E-state index in [0.717, 1.165) is 6.07 Å². The van der Waals surface area contributed by atoms with Crippen LogP contribution >= 0.6 is 11.6 Å². The van der Waals surface area contributed by atoms with E-state index in [9.17, 15) is 31.1 Å². The number of hydrogen-bond acceptors (Lipinski definition) is 1. The predicted molar refractivity (Wildman–Crippen MR) is 61.6 cm³/mol. The molecule has 2 rings (SSSR count). The molecule has 0 bridgehead atoms. The monoisotopic (exact) mass is 331 g/mol. The summed E-state index contributed by atoms with van der Waals surface area (Å²) in [5, 5.41) is -0.292. The fraction of sp³-hybridized carbons (Fsp3) is 0.417. The second kappa shape index (κ2) is 5.08. The van der Waals surface area contributed by atoms with E-state index in [1.807, 2.05) is 0 Å². The van der Waals surface area contributed by atoms with Gasteiger partial charge >= 0.3 is 18.3 Å². The number of amides is 1. The summed E-state index contributed by atoms with van der Waals surface area (Å²) in [5.74, 6) is -2.02. The first-order chi connectivity index (χ1) is 9.50. The average Bonchev–Trinajstić information content (AvgIpc) is 2.35. The highest BCUT2D eigenvalue weighted by Gasteiger charge is 2.43. The van der Waals surface area contributed by atoms with Crippen molar-refractivity contribution in [3.05, 3.63) is 33.8 Å². The van der Waals surface area contributed by atoms with Crippen molar-refractivity contribution in [2.45, 2.75) is 25.3 Å². The van der Waals surface area contributed by atoms with Crippen molar-refractivity contribution in [2.24, 2.45) is 0 Å². The maximum Gasteiger partial charge on any atom is 0.471 e. The molecule has 0 saturated heterocycles. The van der Waals surface area contributed by atoms with Crippen LogP contribution < -0.4 is 0 Å². The van der Waals surface area contributed by atoms with E-state index in [0.29, 0.717) is 11.0 Å². The van der Waals surface area contributed by atoms with Crippen LogP contribution in [0.15, 0.2) is 12.1 Å². The number of benzene rings is 1. The molecule has 0 atom stereocenters. The van der Waals surface area contributed by atoms with Crippen molar-refractivity contribution in [1.29, 1.82) is 0 Å². The Morgan fingerprint density at radius 2 is 1.76 bits per heavy atom. The zero-order valence-electron chi connectivity index (χ0n) is 10.3. The number of fused-ring (bicyclic) bond motifs is 1. The van der Waals surface area contributed by atoms with Gasteiger partial charge in [0.2, 0.25) is 0 Å². The summed E-state index contributed by atoms with van der Waals surface area (Å²) in [7, 11) is 0. The molecule has 1 aliphatic rings. The highest BCUT2D eigenvalue weighted by atomic mass is 35.5. The minimum atomic E-state index is -5.02. The van der Waals surface area contributed by atoms with Gasteiger partial charge in [-0.25, -0.2) is 0 Å². The molecule has 0 unspecified atom stereocenters. The summed E-state index contributed by atoms with van der Waals surface area (Å²) < 4.78 is 75.0. The molecule has 0 radical (unpaired) electrons. The highest BCUT2D eigenvalue weighted by Crippen LogP contribution is 2.36. The summed E-state index contributed by atoms with van der Waals surface area (Å²) in [6.45, 7) is -0.756. The van der Waals surface area contributed by atoms with Crippen molar-refractivity contribution in [3.8, 4) is 0 Å². The largest absolute Gasteiger partial charge is 0.471 e. The van der Waals surface area contributed by atoms with E-state index in [2.05, 4.69) is 0 Å². The Morgan fingerprint density at radius 1 is 1.14 bits per heavy atom. The van der Waals surface area contributed by atoms with Crippen molar-refractivity contribution >= 4 is 17.5 Å². The molecule has 21 heavy (non-hydrogen) atoms. The number of nitrogens with zero attached hydrogens (tertiary/aromatic N) is 1. The molecule has 1 aromatic carbocycles. The second-order valence-corrected chi connectivity index (χ2v) is 4.98. The average molecular weight is 332 g/mol. The molecular weight excluding hydrogens is 324 g/mol. The van der Waals surface area contributed by atoms with Crippen molar-refractivity contribution < 1.29 is 31.1 Å². The highest BCUT2D eigenvalue weighted by molar-refractivity contribution is 6.31. The molecule has 9 heteroatoms. The SMILES string of the molecule is O=C(N1CCc2cc(C(F)(F)F)cc(Cl)c2C1)C(F)(F)F. The number of alkyl halides is 6. The lowest BCUT2D eigenvalue weighted by Gasteiger charge is -2.30. The summed E-state index contributed by atoms with van der Waals surface area (Å²) in [5.41, 5.74) is -0.628. The van der Waals surface area contributed by atoms with Gasteiger partial charge in [0, 0.05) is 18.1 Å². The molecule has 2 nitrogen and oxygen atoms in total. The molecule has 0 N–H and O–H groups in total. The van der Waals surface area contributed by atoms with Gasteiger partial charge in [-0.05, 0) is 29.7 Å². The normalized spacial score (nSPS) is 15.9. The number of hydrogen-bond donors (Lipinski definition) is 0. The molecule has 0 fully saturated rings. The summed E-state index contributed by atoms with van der Waals surface area (Å²) >= 11 is 5.72. The third-order valence-corrected chi connectivity index (χ3v) is 3.48. The lowest BCUT2D eigenvalue weighted by molar-refractivity contribution is -0.186. The Labute approximate surface area is 120 Å². The Morgan fingerprint density at radius 3 is 2.29 bits per heavy atom. The first kappa shape index (κ1) is 15.9. The van der Waals surface area contributed by atoms with E-state index in [1.54, 1.807) is 0 Å². The maximum atomic E-state index is 12.6. The summed E-state index contributed by atoms with van der Waals surface area (Å²) in [6, 6.07) is 1.51. The molecule has 1 amide bonds. The zero-order chi connectivity index (χ0) is 16.0. The topological polar surface area (TPSA) is 20.3 Å². The molecule has 1 aliphatic heterocycles. The van der Waals surface area contributed by atoms with Crippen LogP contribution in [0.25, 0.3) is 0 Å². The van der Waals surface area contributed by atoms with Crippen LogP contribution in [0.5, 0.6) is 0 Å². The lowest BCUT2D eigenvalue weighted by atomic mass is 9.97. The zero-order valence-corrected chi connectivity index (χ0v) is 11.0. The van der Waals surface area contributed by atoms with Crippen LogP contribution in [0, 0.1) is 0 Å². The molecule has 0 spiro atoms. The Bertz CT molecular complexity index is 580. The Hall–Kier alpha value is -1.44. The fourth-order valence-corrected chi connectivity index (χ4v) is 2.43. The van der Waals surface area contributed by atoms with Crippen LogP contribution in [0.2, 0.25) is 5.02 Å². The summed E-state index contributed by atoms with van der Waals surface area (Å²) in [6.07, 6.45) is -9.71. The predicted octanol–water partition coefficient (Wildman–Crippen LogP) is 3.81. The number of carbonyl (C=O) groups excluding carboxylic acids is 1. The quantitative estimate of drug-likeness (QED) is 0.662. The van der Waals surface area contributed by atoms with Crippen LogP contribution in [0.4, 0.5) is 26.3 Å². The van der Waals surface area contributed by atoms with Crippen LogP contribution in [-0.4, -0.2) is 23.5 Å². The molecule has 116 valence electrons. The molecule has 1 aromatic rings. The van der Waals surface area contributed by atoms with Crippen LogP contribution in [0.3, 0.4) is 0 Å². The van der Waals surface area contributed by atoms with Crippen LogP contribution in [-0.2, 0) is 23.9 Å². The lowest BCUT2D eigenvalue weighted by Crippen LogP contribution is -2.43. The van der Waals surface area contributed by atoms with Gasteiger partial charge in [-0.15, -0.1) is 0 Å². The van der Waals surface area contributed by atoms with Gasteiger partial charge in [-0.3, -0.25) is 4.79 Å². The van der Waals surface area contributed by atoms with E-state index in [4.69, 9.17) is 11.6 Å². The van der Waals surface area contributed by atoms with Gasteiger partial charge in [-0.2, -0.15) is 26.3 Å². The van der Waals surface area contributed by atoms with Crippen molar-refractivity contribution in [3.63, 3.8) is 0 Å². The Kier molecular flexibility index (Phi) is 3.86. The molecule has 1 heterocycles. The van der Waals surface area contributed by atoms with E-state index in [1.165, 1.54) is 0 Å². The molecular formula is C12H8ClF6NO. The van der Waals surface area contributed by atoms with Crippen molar-refractivity contribution in [1.82, 2.24) is 4.90 Å². The number of rotatable bonds is 0. The van der Waals surface area contributed by atoms with E-state index < -0.39 is 30.4 Å². The molecule has 0 aliphatic carbocycles. The third-order valence-electron chi connectivity index (χ3n) is 3.14. The van der Waals surface area contributed by atoms with E-state index >= 15 is 0 Å². The van der Waals surface area contributed by atoms with Gasteiger partial charge in [-0.1, -0.05) is 11.6 Å². The fourth-order valence-electron chi connectivity index (χ4n) is 2.14. The third kappa shape index (κ3) is 3.25. The summed E-state index contributed by atoms with van der Waals surface area (Å²) in [4.78, 5) is 11.7. The first-order valence-corrected chi connectivity index (χ1v) is 6.12. The maximum absolute atomic E-state index is 12.6. The molecule has 0 aromatic heterocycles. The van der Waals surface area contributed by atoms with Gasteiger partial charge < -0.3 is 4.90 Å². The standard InChI is InChI=1S/C12H8ClF6NO/c13-9-4-7(11(14,15)16)3-6-1-2-20(5-8(6)9)10(21)12(17,18)19/h3-4H,1-2,5H2. The van der Waals surface area contributed by atoms with E-state index in [-0.39, 0.29) is 29.1 Å².